The first-order valence-electron chi connectivity index (χ1n) is 4.30. The van der Waals surface area contributed by atoms with Gasteiger partial charge >= 0.3 is 12.4 Å². The number of carbonyl (C=O) groups is 2. The maximum Gasteiger partial charge on any atom is 0.326 e. The van der Waals surface area contributed by atoms with E-state index in [1.54, 1.807) is 5.32 Å². The first-order chi connectivity index (χ1) is 6.49. The van der Waals surface area contributed by atoms with Gasteiger partial charge in [-0.05, 0) is 6.42 Å². The van der Waals surface area contributed by atoms with Crippen LogP contribution in [-0.4, -0.2) is 29.5 Å². The van der Waals surface area contributed by atoms with E-state index in [-0.39, 0.29) is 6.42 Å². The lowest BCUT2D eigenvalue weighted by molar-refractivity contribution is -0.144. The van der Waals surface area contributed by atoms with Crippen LogP contribution in [0.1, 0.15) is 26.2 Å². The Morgan fingerprint density at radius 1 is 1.43 bits per heavy atom. The molecule has 0 aromatic carbocycles. The normalized spacial score (nSPS) is 12.6. The van der Waals surface area contributed by atoms with E-state index in [9.17, 15) is 18.4 Å². The number of carbonyl (C=O) groups excluding carboxylic acids is 1. The number of rotatable bonds is 6. The molecule has 1 amide bonds. The molecule has 4 nitrogen and oxygen atoms in total. The summed E-state index contributed by atoms with van der Waals surface area (Å²) in [5, 5.41) is 10.3. The fourth-order valence-electron chi connectivity index (χ4n) is 0.900. The van der Waals surface area contributed by atoms with Crippen LogP contribution in [0.3, 0.4) is 0 Å². The fourth-order valence-corrected chi connectivity index (χ4v) is 0.900. The van der Waals surface area contributed by atoms with Gasteiger partial charge in [0, 0.05) is 0 Å². The summed E-state index contributed by atoms with van der Waals surface area (Å²) in [4.78, 5) is 21.0. The van der Waals surface area contributed by atoms with E-state index in [1.165, 1.54) is 0 Å². The predicted octanol–water partition coefficient (Wildman–Crippen LogP) is 1.01. The van der Waals surface area contributed by atoms with Crippen LogP contribution in [-0.2, 0) is 9.59 Å². The quantitative estimate of drug-likeness (QED) is 0.686. The number of nitrogens with one attached hydrogen (secondary N) is 1. The van der Waals surface area contributed by atoms with Crippen LogP contribution < -0.4 is 5.32 Å². The Morgan fingerprint density at radius 3 is 2.36 bits per heavy atom. The summed E-state index contributed by atoms with van der Waals surface area (Å²) in [6.45, 7) is 1.84. The summed E-state index contributed by atoms with van der Waals surface area (Å²) in [6, 6.07) is -1.21. The molecule has 0 heterocycles. The molecule has 0 aromatic rings. The molecule has 0 aromatic heterocycles. The number of amides is 1. The van der Waals surface area contributed by atoms with Crippen LogP contribution in [0, 0.1) is 0 Å². The average molecular weight is 209 g/mol. The predicted molar refractivity (Wildman–Crippen MR) is 45.1 cm³/mol. The van der Waals surface area contributed by atoms with E-state index in [2.05, 4.69) is 0 Å². The third-order valence-corrected chi connectivity index (χ3v) is 1.66. The van der Waals surface area contributed by atoms with Crippen molar-refractivity contribution < 1.29 is 23.5 Å². The van der Waals surface area contributed by atoms with Gasteiger partial charge in [-0.3, -0.25) is 4.79 Å². The van der Waals surface area contributed by atoms with Gasteiger partial charge in [0.15, 0.2) is 0 Å². The number of halogens is 2. The number of alkyl halides is 2. The number of hydrogen-bond donors (Lipinski definition) is 2. The van der Waals surface area contributed by atoms with Crippen LogP contribution in [0.25, 0.3) is 0 Å². The summed E-state index contributed by atoms with van der Waals surface area (Å²) < 4.78 is 23.5. The van der Waals surface area contributed by atoms with Crippen molar-refractivity contribution in [3.05, 3.63) is 0 Å². The number of carboxylic acids is 1. The molecule has 0 saturated carbocycles. The van der Waals surface area contributed by atoms with Crippen LogP contribution in [0.15, 0.2) is 0 Å². The van der Waals surface area contributed by atoms with Crippen molar-refractivity contribution in [2.45, 2.75) is 38.7 Å². The second-order valence-corrected chi connectivity index (χ2v) is 2.84. The minimum Gasteiger partial charge on any atom is -0.480 e. The first kappa shape index (κ1) is 12.8. The van der Waals surface area contributed by atoms with Crippen LogP contribution in [0.4, 0.5) is 8.78 Å². The lowest BCUT2D eigenvalue weighted by Gasteiger charge is -2.13. The molecule has 0 unspecified atom stereocenters. The summed E-state index contributed by atoms with van der Waals surface area (Å²) in [5.74, 6) is -2.82. The number of carboxylic acid groups (broad SMARTS) is 1. The minimum atomic E-state index is -3.17. The Labute approximate surface area is 80.3 Å². The maximum absolute atomic E-state index is 11.8. The molecule has 14 heavy (non-hydrogen) atoms. The van der Waals surface area contributed by atoms with Crippen molar-refractivity contribution in [3.8, 4) is 0 Å². The second kappa shape index (κ2) is 6.28. The Bertz CT molecular complexity index is 209. The third kappa shape index (κ3) is 4.74. The van der Waals surface area contributed by atoms with Crippen molar-refractivity contribution in [3.63, 3.8) is 0 Å². The Kier molecular flexibility index (Phi) is 5.74. The van der Waals surface area contributed by atoms with Gasteiger partial charge in [0.1, 0.15) is 6.04 Å². The largest absolute Gasteiger partial charge is 0.480 e. The highest BCUT2D eigenvalue weighted by atomic mass is 19.3. The smallest absolute Gasteiger partial charge is 0.326 e. The van der Waals surface area contributed by atoms with Gasteiger partial charge in [0.05, 0.1) is 0 Å². The average Bonchev–Trinajstić information content (AvgIpc) is 2.10. The maximum atomic E-state index is 11.8. The van der Waals surface area contributed by atoms with Gasteiger partial charge in [-0.2, -0.15) is 8.78 Å². The van der Waals surface area contributed by atoms with E-state index in [4.69, 9.17) is 5.11 Å². The van der Waals surface area contributed by atoms with Crippen LogP contribution in [0.5, 0.6) is 0 Å². The zero-order valence-corrected chi connectivity index (χ0v) is 7.80. The molecule has 82 valence electrons. The molecule has 0 aliphatic heterocycles. The Morgan fingerprint density at radius 2 is 2.00 bits per heavy atom. The molecule has 0 bridgehead atoms. The highest BCUT2D eigenvalue weighted by Gasteiger charge is 2.23. The van der Waals surface area contributed by atoms with Gasteiger partial charge in [-0.1, -0.05) is 19.8 Å². The Balaban J connectivity index is 4.09. The summed E-state index contributed by atoms with van der Waals surface area (Å²) in [6.07, 6.45) is -1.68. The standard InChI is InChI=1S/C8H13F2NO3/c1-2-3-4-5(8(13)14)11-7(12)6(9)10/h5-6H,2-4H2,1H3,(H,11,12)(H,13,14)/t5-/m0/s1. The van der Waals surface area contributed by atoms with Gasteiger partial charge in [0.2, 0.25) is 0 Å². The van der Waals surface area contributed by atoms with Crippen molar-refractivity contribution in [1.29, 1.82) is 0 Å². The van der Waals surface area contributed by atoms with E-state index >= 15 is 0 Å². The van der Waals surface area contributed by atoms with Crippen molar-refractivity contribution in [2.75, 3.05) is 0 Å². The first-order valence-corrected chi connectivity index (χ1v) is 4.30. The van der Waals surface area contributed by atoms with E-state index in [0.29, 0.717) is 6.42 Å². The highest BCUT2D eigenvalue weighted by Crippen LogP contribution is 2.02. The SMILES string of the molecule is CCCC[C@H](NC(=O)C(F)F)C(=O)O. The van der Waals surface area contributed by atoms with Gasteiger partial charge in [-0.15, -0.1) is 0 Å². The van der Waals surface area contributed by atoms with E-state index in [0.717, 1.165) is 6.42 Å². The molecule has 0 radical (unpaired) electrons. The topological polar surface area (TPSA) is 66.4 Å². The molecule has 0 rings (SSSR count). The number of aliphatic carboxylic acids is 1. The summed E-state index contributed by atoms with van der Waals surface area (Å²) >= 11 is 0. The van der Waals surface area contributed by atoms with Crippen molar-refractivity contribution >= 4 is 11.9 Å². The monoisotopic (exact) mass is 209 g/mol. The molecule has 0 fully saturated rings. The zero-order valence-electron chi connectivity index (χ0n) is 7.80. The lowest BCUT2D eigenvalue weighted by atomic mass is 10.1. The van der Waals surface area contributed by atoms with Crippen LogP contribution in [0.2, 0.25) is 0 Å². The molecule has 0 saturated heterocycles. The minimum absolute atomic E-state index is 0.171. The lowest BCUT2D eigenvalue weighted by Crippen LogP contribution is -2.43. The molecular formula is C8H13F2NO3. The third-order valence-electron chi connectivity index (χ3n) is 1.66. The molecule has 0 aliphatic carbocycles. The molecular weight excluding hydrogens is 196 g/mol. The van der Waals surface area contributed by atoms with Gasteiger partial charge in [0.25, 0.3) is 5.91 Å². The molecule has 6 heteroatoms. The Hall–Kier alpha value is -1.20. The number of hydrogen-bond acceptors (Lipinski definition) is 2. The molecule has 0 aliphatic rings. The van der Waals surface area contributed by atoms with Gasteiger partial charge in [-0.25, -0.2) is 4.79 Å². The van der Waals surface area contributed by atoms with Gasteiger partial charge < -0.3 is 10.4 Å². The molecule has 2 N–H and O–H groups in total. The van der Waals surface area contributed by atoms with E-state index in [1.807, 2.05) is 6.92 Å². The van der Waals surface area contributed by atoms with Crippen LogP contribution >= 0.6 is 0 Å². The fraction of sp³-hybridized carbons (Fsp3) is 0.750. The second-order valence-electron chi connectivity index (χ2n) is 2.84. The molecule has 0 spiro atoms. The zero-order chi connectivity index (χ0) is 11.1. The van der Waals surface area contributed by atoms with Crippen molar-refractivity contribution in [2.24, 2.45) is 0 Å². The van der Waals surface area contributed by atoms with E-state index < -0.39 is 24.3 Å². The summed E-state index contributed by atoms with van der Waals surface area (Å²) in [5.41, 5.74) is 0. The van der Waals surface area contributed by atoms with Crippen molar-refractivity contribution in [1.82, 2.24) is 5.32 Å². The molecule has 1 atom stereocenters. The highest BCUT2D eigenvalue weighted by molar-refractivity contribution is 5.85. The number of unbranched alkanes of at least 4 members (excludes halogenated alkanes) is 1. The summed E-state index contributed by atoms with van der Waals surface area (Å²) in [7, 11) is 0.